The van der Waals surface area contributed by atoms with Gasteiger partial charge in [0.25, 0.3) is 0 Å². The summed E-state index contributed by atoms with van der Waals surface area (Å²) in [6.07, 6.45) is 2.69. The molecule has 0 fully saturated rings. The van der Waals surface area contributed by atoms with E-state index in [4.69, 9.17) is 0 Å². The van der Waals surface area contributed by atoms with E-state index in [1.54, 1.807) is 0 Å². The normalized spacial score (nSPS) is 12.6. The molecule has 0 aliphatic heterocycles. The average Bonchev–Trinajstić information content (AvgIpc) is 2.13. The van der Waals surface area contributed by atoms with E-state index in [9.17, 15) is 5.11 Å². The lowest BCUT2D eigenvalue weighted by molar-refractivity contribution is 0.421. The van der Waals surface area contributed by atoms with E-state index >= 15 is 0 Å². The second-order valence-electron chi connectivity index (χ2n) is 6.99. The van der Waals surface area contributed by atoms with Crippen molar-refractivity contribution in [2.24, 2.45) is 0 Å². The number of hydrogen-bond acceptors (Lipinski definition) is 1. The van der Waals surface area contributed by atoms with Crippen molar-refractivity contribution in [1.29, 1.82) is 0 Å². The Balaban J connectivity index is 3.55. The predicted molar refractivity (Wildman–Crippen MR) is 79.4 cm³/mol. The number of allylic oxidation sites excluding steroid dienone is 1. The summed E-state index contributed by atoms with van der Waals surface area (Å²) in [6, 6.07) is 4.17. The zero-order valence-electron chi connectivity index (χ0n) is 12.6. The van der Waals surface area contributed by atoms with Gasteiger partial charge in [0, 0.05) is 5.56 Å². The molecule has 1 rings (SSSR count). The second kappa shape index (κ2) is 4.79. The van der Waals surface area contributed by atoms with E-state index in [-0.39, 0.29) is 10.8 Å². The van der Waals surface area contributed by atoms with E-state index in [0.717, 1.165) is 17.5 Å². The number of phenols is 1. The maximum absolute atomic E-state index is 10.6. The van der Waals surface area contributed by atoms with Gasteiger partial charge >= 0.3 is 0 Å². The Morgan fingerprint density at radius 1 is 1.06 bits per heavy atom. The molecule has 0 atom stereocenters. The molecule has 0 bridgehead atoms. The summed E-state index contributed by atoms with van der Waals surface area (Å²) in [4.78, 5) is 0. The fourth-order valence-electron chi connectivity index (χ4n) is 2.40. The van der Waals surface area contributed by atoms with E-state index in [0.29, 0.717) is 5.75 Å². The van der Waals surface area contributed by atoms with Crippen LogP contribution < -0.4 is 0 Å². The van der Waals surface area contributed by atoms with Crippen LogP contribution in [0, 0.1) is 0 Å². The molecular formula is C17H26O. The molecule has 0 amide bonds. The van der Waals surface area contributed by atoms with Crippen LogP contribution in [0.3, 0.4) is 0 Å². The first kappa shape index (κ1) is 14.8. The van der Waals surface area contributed by atoms with Crippen LogP contribution in [-0.4, -0.2) is 5.11 Å². The van der Waals surface area contributed by atoms with Crippen LogP contribution in [0.4, 0.5) is 0 Å². The van der Waals surface area contributed by atoms with Crippen molar-refractivity contribution >= 4 is 0 Å². The maximum Gasteiger partial charge on any atom is 0.123 e. The van der Waals surface area contributed by atoms with Gasteiger partial charge < -0.3 is 5.11 Å². The predicted octanol–water partition coefficient (Wildman–Crippen LogP) is 4.72. The Labute approximate surface area is 112 Å². The molecule has 0 aliphatic rings. The molecule has 1 nitrogen and oxygen atoms in total. The minimum absolute atomic E-state index is 0.0448. The Bertz CT molecular complexity index is 442. The van der Waals surface area contributed by atoms with Gasteiger partial charge in [-0.2, -0.15) is 0 Å². The van der Waals surface area contributed by atoms with Gasteiger partial charge in [-0.1, -0.05) is 59.8 Å². The maximum atomic E-state index is 10.6. The van der Waals surface area contributed by atoms with Gasteiger partial charge in [0.15, 0.2) is 0 Å². The van der Waals surface area contributed by atoms with E-state index in [1.807, 2.05) is 12.1 Å². The third-order valence-corrected chi connectivity index (χ3v) is 3.19. The van der Waals surface area contributed by atoms with E-state index in [1.165, 1.54) is 5.56 Å². The van der Waals surface area contributed by atoms with Gasteiger partial charge in [0.1, 0.15) is 5.75 Å². The molecule has 18 heavy (non-hydrogen) atoms. The summed E-state index contributed by atoms with van der Waals surface area (Å²) in [6.45, 7) is 16.6. The van der Waals surface area contributed by atoms with Crippen molar-refractivity contribution in [3.8, 4) is 5.75 Å². The highest BCUT2D eigenvalue weighted by molar-refractivity contribution is 5.52. The minimum Gasteiger partial charge on any atom is -0.507 e. The number of rotatable bonds is 2. The van der Waals surface area contributed by atoms with Crippen molar-refractivity contribution in [1.82, 2.24) is 0 Å². The lowest BCUT2D eigenvalue weighted by atomic mass is 9.77. The van der Waals surface area contributed by atoms with E-state index < -0.39 is 0 Å². The van der Waals surface area contributed by atoms with Crippen LogP contribution in [0.15, 0.2) is 24.8 Å². The summed E-state index contributed by atoms with van der Waals surface area (Å²) >= 11 is 0. The number of benzene rings is 1. The molecule has 0 saturated carbocycles. The molecular weight excluding hydrogens is 220 g/mol. The third-order valence-electron chi connectivity index (χ3n) is 3.19. The highest BCUT2D eigenvalue weighted by Gasteiger charge is 2.27. The largest absolute Gasteiger partial charge is 0.507 e. The Morgan fingerprint density at radius 3 is 2.00 bits per heavy atom. The lowest BCUT2D eigenvalue weighted by Crippen LogP contribution is -2.19. The van der Waals surface area contributed by atoms with Gasteiger partial charge in [0.05, 0.1) is 0 Å². The Hall–Kier alpha value is -1.24. The average molecular weight is 246 g/mol. The minimum atomic E-state index is -0.0658. The zero-order valence-corrected chi connectivity index (χ0v) is 12.6. The standard InChI is InChI=1S/C17H26O/c1-8-9-12-10-11-13(16(2,3)4)15(18)14(12)17(5,6)7/h8,10-11,18H,1,9H2,2-7H3. The lowest BCUT2D eigenvalue weighted by Gasteiger charge is -2.29. The van der Waals surface area contributed by atoms with Gasteiger partial charge in [-0.15, -0.1) is 6.58 Å². The monoisotopic (exact) mass is 246 g/mol. The highest BCUT2D eigenvalue weighted by Crippen LogP contribution is 2.40. The van der Waals surface area contributed by atoms with Crippen LogP contribution in [0.1, 0.15) is 58.2 Å². The van der Waals surface area contributed by atoms with Gasteiger partial charge in [-0.25, -0.2) is 0 Å². The molecule has 1 N–H and O–H groups in total. The van der Waals surface area contributed by atoms with Crippen molar-refractivity contribution in [2.45, 2.75) is 58.8 Å². The van der Waals surface area contributed by atoms with Crippen molar-refractivity contribution in [3.63, 3.8) is 0 Å². The van der Waals surface area contributed by atoms with Gasteiger partial charge in [-0.3, -0.25) is 0 Å². The summed E-state index contributed by atoms with van der Waals surface area (Å²) in [5, 5.41) is 10.6. The summed E-state index contributed by atoms with van der Waals surface area (Å²) in [5.41, 5.74) is 3.12. The molecule has 0 radical (unpaired) electrons. The first-order valence-electron chi connectivity index (χ1n) is 6.55. The fourth-order valence-corrected chi connectivity index (χ4v) is 2.40. The zero-order chi connectivity index (χ0) is 14.1. The van der Waals surface area contributed by atoms with Crippen molar-refractivity contribution in [2.75, 3.05) is 0 Å². The molecule has 100 valence electrons. The van der Waals surface area contributed by atoms with Gasteiger partial charge in [-0.05, 0) is 28.4 Å². The number of phenolic OH excluding ortho intramolecular Hbond substituents is 1. The van der Waals surface area contributed by atoms with Crippen molar-refractivity contribution in [3.05, 3.63) is 41.5 Å². The molecule has 1 heteroatoms. The molecule has 0 spiro atoms. The Morgan fingerprint density at radius 2 is 1.61 bits per heavy atom. The first-order chi connectivity index (χ1) is 8.09. The van der Waals surface area contributed by atoms with Crippen LogP contribution in [0.25, 0.3) is 0 Å². The summed E-state index contributed by atoms with van der Waals surface area (Å²) in [7, 11) is 0. The fraction of sp³-hybridized carbons (Fsp3) is 0.529. The molecule has 0 aromatic heterocycles. The highest BCUT2D eigenvalue weighted by atomic mass is 16.3. The summed E-state index contributed by atoms with van der Waals surface area (Å²) in [5.74, 6) is 0.453. The molecule has 0 saturated heterocycles. The van der Waals surface area contributed by atoms with E-state index in [2.05, 4.69) is 54.2 Å². The number of hydrogen-bond donors (Lipinski definition) is 1. The van der Waals surface area contributed by atoms with Crippen LogP contribution in [0.5, 0.6) is 5.75 Å². The van der Waals surface area contributed by atoms with Crippen LogP contribution >= 0.6 is 0 Å². The summed E-state index contributed by atoms with van der Waals surface area (Å²) < 4.78 is 0. The third kappa shape index (κ3) is 2.95. The van der Waals surface area contributed by atoms with Gasteiger partial charge in [0.2, 0.25) is 0 Å². The number of aromatic hydroxyl groups is 1. The topological polar surface area (TPSA) is 20.2 Å². The smallest absolute Gasteiger partial charge is 0.123 e. The van der Waals surface area contributed by atoms with Crippen LogP contribution in [-0.2, 0) is 17.3 Å². The first-order valence-corrected chi connectivity index (χ1v) is 6.55. The Kier molecular flexibility index (Phi) is 3.95. The van der Waals surface area contributed by atoms with Crippen molar-refractivity contribution < 1.29 is 5.11 Å². The second-order valence-corrected chi connectivity index (χ2v) is 6.99. The molecule has 0 aliphatic carbocycles. The molecule has 1 aromatic rings. The molecule has 0 heterocycles. The molecule has 1 aromatic carbocycles. The SMILES string of the molecule is C=CCc1ccc(C(C)(C)C)c(O)c1C(C)(C)C. The molecule has 0 unspecified atom stereocenters. The van der Waals surface area contributed by atoms with Crippen LogP contribution in [0.2, 0.25) is 0 Å². The quantitative estimate of drug-likeness (QED) is 0.749.